The normalized spacial score (nSPS) is 24.9. The van der Waals surface area contributed by atoms with E-state index >= 15 is 4.79 Å². The van der Waals surface area contributed by atoms with Crippen molar-refractivity contribution in [3.8, 4) is 5.75 Å². The summed E-state index contributed by atoms with van der Waals surface area (Å²) in [4.78, 5) is 74.2. The van der Waals surface area contributed by atoms with Gasteiger partial charge in [-0.05, 0) is 34.7 Å². The number of cyclic esters (lactones) is 1. The highest BCUT2D eigenvalue weighted by Gasteiger charge is 2.76. The number of benzene rings is 4. The van der Waals surface area contributed by atoms with Gasteiger partial charge >= 0.3 is 23.9 Å². The van der Waals surface area contributed by atoms with Crippen molar-refractivity contribution in [2.45, 2.75) is 49.5 Å². The van der Waals surface area contributed by atoms with Crippen molar-refractivity contribution in [3.05, 3.63) is 131 Å². The quantitative estimate of drug-likeness (QED) is 0.192. The van der Waals surface area contributed by atoms with Gasteiger partial charge in [-0.25, -0.2) is 14.5 Å². The molecule has 0 bridgehead atoms. The van der Waals surface area contributed by atoms with E-state index in [4.69, 9.17) is 14.2 Å². The molecular formula is C42H41N3O10. The van der Waals surface area contributed by atoms with Gasteiger partial charge in [-0.2, -0.15) is 0 Å². The third kappa shape index (κ3) is 6.00. The minimum Gasteiger partial charge on any atom is -0.491 e. The number of aliphatic hydroxyl groups excluding tert-OH is 1. The Morgan fingerprint density at radius 3 is 2.11 bits per heavy atom. The summed E-state index contributed by atoms with van der Waals surface area (Å²) in [5.41, 5.74) is -0.201. The molecule has 13 nitrogen and oxygen atoms in total. The SMILES string of the molecule is COC(=O)[C@@H](NC(=O)N1C(=O)[C@@]2(c3ccccc31)[C@H](c1ccccc1OCCO)N1[C@H](c3ccccc3)[C@H](c3ccccc3)OC(=O)[C@H]1[C@@H]2C(=O)O)C(C)C. The van der Waals surface area contributed by atoms with E-state index in [1.807, 2.05) is 60.7 Å². The molecule has 2 saturated heterocycles. The summed E-state index contributed by atoms with van der Waals surface area (Å²) in [6, 6.07) is 25.6. The number of amides is 3. The van der Waals surface area contributed by atoms with Crippen LogP contribution in [0.25, 0.3) is 0 Å². The van der Waals surface area contributed by atoms with Crippen molar-refractivity contribution in [2.24, 2.45) is 11.8 Å². The van der Waals surface area contributed by atoms with Gasteiger partial charge in [-0.1, -0.05) is 111 Å². The molecular weight excluding hydrogens is 706 g/mol. The molecule has 13 heteroatoms. The minimum atomic E-state index is -2.15. The van der Waals surface area contributed by atoms with Crippen molar-refractivity contribution >= 4 is 35.5 Å². The van der Waals surface area contributed by atoms with Crippen molar-refractivity contribution in [2.75, 3.05) is 25.2 Å². The van der Waals surface area contributed by atoms with Gasteiger partial charge in [-0.15, -0.1) is 0 Å². The average molecular weight is 748 g/mol. The molecule has 4 aromatic rings. The van der Waals surface area contributed by atoms with Crippen LogP contribution in [0.4, 0.5) is 10.5 Å². The van der Waals surface area contributed by atoms with E-state index in [1.54, 1.807) is 61.2 Å². The van der Waals surface area contributed by atoms with Crippen LogP contribution < -0.4 is 15.0 Å². The second kappa shape index (κ2) is 15.0. The molecule has 7 atom stereocenters. The van der Waals surface area contributed by atoms with Gasteiger partial charge in [0.15, 0.2) is 0 Å². The largest absolute Gasteiger partial charge is 0.491 e. The number of para-hydroxylation sites is 2. The maximum Gasteiger partial charge on any atom is 0.329 e. The van der Waals surface area contributed by atoms with Crippen LogP contribution >= 0.6 is 0 Å². The Labute approximate surface area is 317 Å². The first-order valence-corrected chi connectivity index (χ1v) is 18.0. The number of imide groups is 1. The number of nitrogens with zero attached hydrogens (tertiary/aromatic N) is 2. The van der Waals surface area contributed by atoms with Gasteiger partial charge in [0.1, 0.15) is 41.9 Å². The number of anilines is 1. The van der Waals surface area contributed by atoms with Crippen molar-refractivity contribution in [1.82, 2.24) is 10.2 Å². The first-order chi connectivity index (χ1) is 26.6. The molecule has 3 aliphatic rings. The third-order valence-corrected chi connectivity index (χ3v) is 10.8. The number of ether oxygens (including phenoxy) is 3. The molecule has 4 aromatic carbocycles. The predicted octanol–water partition coefficient (Wildman–Crippen LogP) is 4.72. The minimum absolute atomic E-state index is 0.0893. The summed E-state index contributed by atoms with van der Waals surface area (Å²) < 4.78 is 17.3. The van der Waals surface area contributed by atoms with Gasteiger partial charge in [0.2, 0.25) is 5.91 Å². The van der Waals surface area contributed by atoms with Gasteiger partial charge in [-0.3, -0.25) is 19.3 Å². The fourth-order valence-corrected chi connectivity index (χ4v) is 8.63. The van der Waals surface area contributed by atoms with Crippen LogP contribution in [0.3, 0.4) is 0 Å². The molecule has 284 valence electrons. The molecule has 55 heavy (non-hydrogen) atoms. The topological polar surface area (TPSA) is 172 Å². The lowest BCUT2D eigenvalue weighted by molar-refractivity contribution is -0.179. The lowest BCUT2D eigenvalue weighted by atomic mass is 9.65. The fourth-order valence-electron chi connectivity index (χ4n) is 8.63. The Morgan fingerprint density at radius 2 is 1.47 bits per heavy atom. The highest BCUT2D eigenvalue weighted by atomic mass is 16.6. The summed E-state index contributed by atoms with van der Waals surface area (Å²) in [6.07, 6.45) is -0.956. The molecule has 7 rings (SSSR count). The molecule has 0 aliphatic carbocycles. The highest BCUT2D eigenvalue weighted by Crippen LogP contribution is 2.66. The van der Waals surface area contributed by atoms with Gasteiger partial charge in [0, 0.05) is 5.56 Å². The Balaban J connectivity index is 1.54. The number of esters is 2. The Hall–Kier alpha value is -6.05. The van der Waals surface area contributed by atoms with Crippen LogP contribution in [-0.2, 0) is 34.1 Å². The molecule has 0 radical (unpaired) electrons. The summed E-state index contributed by atoms with van der Waals surface area (Å²) in [5, 5.41) is 23.8. The van der Waals surface area contributed by atoms with E-state index in [-0.39, 0.29) is 30.2 Å². The Kier molecular flexibility index (Phi) is 10.2. The molecule has 0 aromatic heterocycles. The average Bonchev–Trinajstić information content (AvgIpc) is 3.66. The highest BCUT2D eigenvalue weighted by molar-refractivity contribution is 6.24. The van der Waals surface area contributed by atoms with Crippen molar-refractivity contribution in [3.63, 3.8) is 0 Å². The van der Waals surface area contributed by atoms with Crippen LogP contribution in [0, 0.1) is 11.8 Å². The zero-order valence-corrected chi connectivity index (χ0v) is 30.4. The second-order valence-electron chi connectivity index (χ2n) is 14.1. The van der Waals surface area contributed by atoms with Crippen molar-refractivity contribution in [1.29, 1.82) is 0 Å². The zero-order valence-electron chi connectivity index (χ0n) is 30.4. The number of hydrogen-bond acceptors (Lipinski definition) is 10. The number of hydrogen-bond donors (Lipinski definition) is 3. The monoisotopic (exact) mass is 747 g/mol. The molecule has 0 unspecified atom stereocenters. The number of carboxylic acid groups (broad SMARTS) is 1. The number of rotatable bonds is 10. The van der Waals surface area contributed by atoms with Crippen molar-refractivity contribution < 1.29 is 48.4 Å². The number of aliphatic hydroxyl groups is 1. The molecule has 1 spiro atoms. The first-order valence-electron chi connectivity index (χ1n) is 18.0. The molecule has 3 aliphatic heterocycles. The van der Waals surface area contributed by atoms with Crippen LogP contribution in [0.15, 0.2) is 109 Å². The second-order valence-corrected chi connectivity index (χ2v) is 14.1. The number of aliphatic carboxylic acids is 1. The third-order valence-electron chi connectivity index (χ3n) is 10.8. The molecule has 3 amide bonds. The summed E-state index contributed by atoms with van der Waals surface area (Å²) >= 11 is 0. The molecule has 2 fully saturated rings. The van der Waals surface area contributed by atoms with Crippen LogP contribution in [0.5, 0.6) is 5.75 Å². The van der Waals surface area contributed by atoms with Gasteiger partial charge in [0.05, 0.1) is 31.5 Å². The van der Waals surface area contributed by atoms with E-state index in [1.165, 1.54) is 13.2 Å². The number of morpholine rings is 1. The van der Waals surface area contributed by atoms with E-state index < -0.39 is 77.4 Å². The number of fused-ring (bicyclic) bond motifs is 3. The molecule has 3 heterocycles. The predicted molar refractivity (Wildman–Crippen MR) is 198 cm³/mol. The molecule has 3 N–H and O–H groups in total. The molecule has 0 saturated carbocycles. The summed E-state index contributed by atoms with van der Waals surface area (Å²) in [5.74, 6) is -5.97. The maximum atomic E-state index is 15.7. The number of methoxy groups -OCH3 is 1. The fraction of sp³-hybridized carbons (Fsp3) is 0.310. The van der Waals surface area contributed by atoms with E-state index in [0.29, 0.717) is 16.7 Å². The number of carbonyl (C=O) groups is 5. The van der Waals surface area contributed by atoms with Crippen LogP contribution in [0.2, 0.25) is 0 Å². The summed E-state index contributed by atoms with van der Waals surface area (Å²) in [7, 11) is 1.19. The van der Waals surface area contributed by atoms with Crippen LogP contribution in [-0.4, -0.2) is 77.4 Å². The van der Waals surface area contributed by atoms with E-state index in [0.717, 1.165) is 4.90 Å². The van der Waals surface area contributed by atoms with E-state index in [9.17, 15) is 29.4 Å². The number of carboxylic acids is 1. The van der Waals surface area contributed by atoms with Crippen LogP contribution in [0.1, 0.15) is 54.3 Å². The number of nitrogens with one attached hydrogen (secondary N) is 1. The standard InChI is InChI=1S/C42H41N3O10/c1-24(2)32(38(49)53-3)43-41(52)44-29-20-12-11-19-28(29)42(40(44)51)31(37(47)48)34-39(50)55-35(26-16-8-5-9-17-26)33(25-14-6-4-7-15-25)45(34)36(42)27-18-10-13-21-30(27)54-23-22-46/h4-21,24,31-36,46H,22-23H2,1-3H3,(H,43,52)(H,47,48)/t31-,32+,33-,34-,35+,36+,42-/m1/s1. The Morgan fingerprint density at radius 1 is 0.855 bits per heavy atom. The lowest BCUT2D eigenvalue weighted by Gasteiger charge is -2.46. The van der Waals surface area contributed by atoms with E-state index in [2.05, 4.69) is 5.32 Å². The van der Waals surface area contributed by atoms with Gasteiger partial charge in [0.25, 0.3) is 0 Å². The van der Waals surface area contributed by atoms with Gasteiger partial charge < -0.3 is 29.7 Å². The first kappa shape index (κ1) is 37.3. The summed E-state index contributed by atoms with van der Waals surface area (Å²) in [6.45, 7) is 2.95. The smallest absolute Gasteiger partial charge is 0.329 e. The Bertz CT molecular complexity index is 2110. The zero-order chi connectivity index (χ0) is 39.0. The number of carbonyl (C=O) groups excluding carboxylic acids is 4. The lowest BCUT2D eigenvalue weighted by Crippen LogP contribution is -2.56. The number of urea groups is 1. The maximum absolute atomic E-state index is 15.7.